The Morgan fingerprint density at radius 1 is 1.05 bits per heavy atom. The fourth-order valence-corrected chi connectivity index (χ4v) is 3.89. The Hall–Kier alpha value is -2.07. The molecular weight excluding hydrogens is 284 g/mol. The van der Waals surface area contributed by atoms with E-state index >= 15 is 0 Å². The molecule has 0 amide bonds. The molecule has 2 aromatic carbocycles. The summed E-state index contributed by atoms with van der Waals surface area (Å²) in [5.74, 6) is 0.775. The molecule has 2 aromatic rings. The van der Waals surface area contributed by atoms with Gasteiger partial charge in [0.05, 0.1) is 4.90 Å². The van der Waals surface area contributed by atoms with E-state index in [2.05, 4.69) is 0 Å². The summed E-state index contributed by atoms with van der Waals surface area (Å²) >= 11 is 0. The molecule has 108 valence electrons. The van der Waals surface area contributed by atoms with Gasteiger partial charge in [-0.25, -0.2) is 8.42 Å². The number of para-hydroxylation sites is 1. The first kappa shape index (κ1) is 13.9. The Morgan fingerprint density at radius 3 is 2.57 bits per heavy atom. The molecule has 1 heterocycles. The van der Waals surface area contributed by atoms with Crippen molar-refractivity contribution in [2.45, 2.75) is 18.7 Å². The van der Waals surface area contributed by atoms with Crippen LogP contribution in [0.4, 0.5) is 0 Å². The van der Waals surface area contributed by atoms with E-state index in [1.807, 2.05) is 50.2 Å². The zero-order chi connectivity index (χ0) is 15.0. The summed E-state index contributed by atoms with van der Waals surface area (Å²) in [4.78, 5) is 0.372. The molecule has 0 atom stereocenters. The number of fused-ring (bicyclic) bond motifs is 1. The van der Waals surface area contributed by atoms with Crippen LogP contribution in [0.2, 0.25) is 0 Å². The molecule has 4 heteroatoms. The zero-order valence-corrected chi connectivity index (χ0v) is 12.8. The predicted octanol–water partition coefficient (Wildman–Crippen LogP) is 3.51. The molecular formula is C17H16O3S. The van der Waals surface area contributed by atoms with Crippen molar-refractivity contribution in [3.8, 4) is 5.75 Å². The summed E-state index contributed by atoms with van der Waals surface area (Å²) in [7, 11) is -3.33. The van der Waals surface area contributed by atoms with Crippen LogP contribution in [0.15, 0.2) is 52.8 Å². The summed E-state index contributed by atoms with van der Waals surface area (Å²) in [6.45, 7) is 4.17. The summed E-state index contributed by atoms with van der Waals surface area (Å²) < 4.78 is 30.0. The highest BCUT2D eigenvalue weighted by Crippen LogP contribution is 2.34. The van der Waals surface area contributed by atoms with E-state index in [1.54, 1.807) is 6.07 Å². The molecule has 0 N–H and O–H groups in total. The number of hydrogen-bond donors (Lipinski definition) is 0. The molecule has 0 radical (unpaired) electrons. The molecule has 0 bridgehead atoms. The lowest BCUT2D eigenvalue weighted by atomic mass is 10.1. The topological polar surface area (TPSA) is 43.4 Å². The van der Waals surface area contributed by atoms with Gasteiger partial charge in [-0.3, -0.25) is 0 Å². The van der Waals surface area contributed by atoms with Gasteiger partial charge in [0, 0.05) is 16.5 Å². The van der Waals surface area contributed by atoms with Crippen molar-refractivity contribution >= 4 is 15.4 Å². The van der Waals surface area contributed by atoms with Gasteiger partial charge in [0.2, 0.25) is 9.84 Å². The van der Waals surface area contributed by atoms with Crippen molar-refractivity contribution in [3.05, 3.63) is 64.6 Å². The van der Waals surface area contributed by atoms with Crippen molar-refractivity contribution < 1.29 is 13.2 Å². The predicted molar refractivity (Wildman–Crippen MR) is 83.0 cm³/mol. The maximum absolute atomic E-state index is 12.1. The third-order valence-electron chi connectivity index (χ3n) is 3.56. The van der Waals surface area contributed by atoms with Gasteiger partial charge in [0.1, 0.15) is 12.4 Å². The van der Waals surface area contributed by atoms with Gasteiger partial charge >= 0.3 is 0 Å². The fourth-order valence-electron chi connectivity index (χ4n) is 2.44. The molecule has 0 spiro atoms. The minimum absolute atomic E-state index is 0.251. The number of ether oxygens (including phenoxy) is 1. The van der Waals surface area contributed by atoms with Crippen molar-refractivity contribution in [1.82, 2.24) is 0 Å². The second-order valence-corrected chi connectivity index (χ2v) is 7.01. The molecule has 0 aromatic heterocycles. The van der Waals surface area contributed by atoms with Crippen molar-refractivity contribution in [1.29, 1.82) is 0 Å². The average Bonchev–Trinajstić information content (AvgIpc) is 2.69. The number of rotatable bonds is 3. The Labute approximate surface area is 124 Å². The van der Waals surface area contributed by atoms with Gasteiger partial charge in [-0.15, -0.1) is 0 Å². The van der Waals surface area contributed by atoms with Gasteiger partial charge in [-0.1, -0.05) is 35.9 Å². The van der Waals surface area contributed by atoms with E-state index in [4.69, 9.17) is 4.74 Å². The molecule has 3 rings (SSSR count). The maximum Gasteiger partial charge on any atom is 0.200 e. The number of benzene rings is 2. The normalized spacial score (nSPS) is 15.4. The summed E-state index contributed by atoms with van der Waals surface area (Å²) in [5, 5.41) is 1.31. The monoisotopic (exact) mass is 300 g/mol. The lowest BCUT2D eigenvalue weighted by Crippen LogP contribution is -2.01. The van der Waals surface area contributed by atoms with Crippen LogP contribution in [0.1, 0.15) is 16.7 Å². The highest BCUT2D eigenvalue weighted by molar-refractivity contribution is 7.95. The van der Waals surface area contributed by atoms with Crippen LogP contribution in [0.5, 0.6) is 5.75 Å². The van der Waals surface area contributed by atoms with Crippen molar-refractivity contribution in [3.63, 3.8) is 0 Å². The first-order chi connectivity index (χ1) is 9.97. The van der Waals surface area contributed by atoms with Crippen molar-refractivity contribution in [2.75, 3.05) is 6.61 Å². The van der Waals surface area contributed by atoms with Crippen molar-refractivity contribution in [2.24, 2.45) is 0 Å². The minimum Gasteiger partial charge on any atom is -0.489 e. The molecule has 3 nitrogen and oxygen atoms in total. The van der Waals surface area contributed by atoms with Gasteiger partial charge in [-0.2, -0.15) is 0 Å². The van der Waals surface area contributed by atoms with Crippen LogP contribution in [-0.4, -0.2) is 15.0 Å². The first-order valence-electron chi connectivity index (χ1n) is 6.72. The lowest BCUT2D eigenvalue weighted by Gasteiger charge is -2.10. The third-order valence-corrected chi connectivity index (χ3v) is 5.13. The first-order valence-corrected chi connectivity index (χ1v) is 8.27. The summed E-state index contributed by atoms with van der Waals surface area (Å²) in [5.41, 5.74) is 3.52. The Bertz CT molecular complexity index is 833. The molecule has 0 fully saturated rings. The molecule has 21 heavy (non-hydrogen) atoms. The standard InChI is InChI=1S/C17H16O3S/c1-12-7-8-17-15(9-12)14(11-21(17,18)19)10-20-16-6-4-3-5-13(16)2/h3-9,11H,10H2,1-2H3. The highest BCUT2D eigenvalue weighted by Gasteiger charge is 2.27. The molecule has 0 unspecified atom stereocenters. The molecule has 0 saturated heterocycles. The van der Waals surface area contributed by atoms with Crippen LogP contribution in [0.3, 0.4) is 0 Å². The van der Waals surface area contributed by atoms with E-state index in [-0.39, 0.29) is 6.61 Å². The van der Waals surface area contributed by atoms with Crippen LogP contribution in [-0.2, 0) is 9.84 Å². The van der Waals surface area contributed by atoms with Gasteiger partial charge in [-0.05, 0) is 31.5 Å². The number of hydrogen-bond acceptors (Lipinski definition) is 3. The van der Waals surface area contributed by atoms with Crippen LogP contribution >= 0.6 is 0 Å². The highest BCUT2D eigenvalue weighted by atomic mass is 32.2. The smallest absolute Gasteiger partial charge is 0.200 e. The van der Waals surface area contributed by atoms with E-state index < -0.39 is 9.84 Å². The third kappa shape index (κ3) is 2.59. The molecule has 0 saturated carbocycles. The quantitative estimate of drug-likeness (QED) is 0.871. The molecule has 0 aliphatic carbocycles. The number of aryl methyl sites for hydroxylation is 2. The van der Waals surface area contributed by atoms with E-state index in [9.17, 15) is 8.42 Å². The zero-order valence-electron chi connectivity index (χ0n) is 12.0. The Kier molecular flexibility index (Phi) is 3.33. The maximum atomic E-state index is 12.1. The van der Waals surface area contributed by atoms with Gasteiger partial charge in [0.15, 0.2) is 0 Å². The average molecular weight is 300 g/mol. The summed E-state index contributed by atoms with van der Waals surface area (Å²) in [6.07, 6.45) is 0. The summed E-state index contributed by atoms with van der Waals surface area (Å²) in [6, 6.07) is 13.1. The van der Waals surface area contributed by atoms with E-state index in [1.165, 1.54) is 5.41 Å². The Balaban J connectivity index is 1.91. The second-order valence-electron chi connectivity index (χ2n) is 5.24. The second kappa shape index (κ2) is 5.04. The van der Waals surface area contributed by atoms with Crippen LogP contribution < -0.4 is 4.74 Å². The number of sulfone groups is 1. The lowest BCUT2D eigenvalue weighted by molar-refractivity contribution is 0.367. The Morgan fingerprint density at radius 2 is 1.81 bits per heavy atom. The SMILES string of the molecule is Cc1ccc2c(c1)C(COc1ccccc1C)=CS2(=O)=O. The van der Waals surface area contributed by atoms with Crippen LogP contribution in [0.25, 0.3) is 5.57 Å². The minimum atomic E-state index is -3.33. The van der Waals surface area contributed by atoms with Gasteiger partial charge in [0.25, 0.3) is 0 Å². The molecule has 1 aliphatic heterocycles. The fraction of sp³-hybridized carbons (Fsp3) is 0.176. The molecule has 1 aliphatic rings. The van der Waals surface area contributed by atoms with Gasteiger partial charge < -0.3 is 4.74 Å². The van der Waals surface area contributed by atoms with Crippen LogP contribution in [0, 0.1) is 13.8 Å². The van der Waals surface area contributed by atoms with E-state index in [0.717, 1.165) is 22.4 Å². The largest absolute Gasteiger partial charge is 0.489 e. The van der Waals surface area contributed by atoms with E-state index in [0.29, 0.717) is 10.5 Å².